The fourth-order valence-electron chi connectivity index (χ4n) is 3.94. The fourth-order valence-corrected chi connectivity index (χ4v) is 4.92. The van der Waals surface area contributed by atoms with Crippen LogP contribution in [-0.2, 0) is 14.3 Å². The molecule has 1 unspecified atom stereocenters. The zero-order valence-corrected chi connectivity index (χ0v) is 21.0. The predicted octanol–water partition coefficient (Wildman–Crippen LogP) is 5.04. The molecule has 1 aliphatic rings. The highest BCUT2D eigenvalue weighted by Crippen LogP contribution is 2.44. The molecule has 186 valence electrons. The second kappa shape index (κ2) is 10.7. The van der Waals surface area contributed by atoms with Crippen LogP contribution in [0.5, 0.6) is 5.75 Å². The molecule has 0 spiro atoms. The Hall–Kier alpha value is -3.98. The Kier molecular flexibility index (Phi) is 7.49. The monoisotopic (exact) mass is 506 g/mol. The van der Waals surface area contributed by atoms with Crippen LogP contribution in [0.4, 0.5) is 5.13 Å². The average molecular weight is 507 g/mol. The number of aromatic nitrogens is 1. The Bertz CT molecular complexity index is 1310. The molecule has 2 aromatic carbocycles. The van der Waals surface area contributed by atoms with Crippen LogP contribution >= 0.6 is 11.3 Å². The largest absolute Gasteiger partial charge is 0.507 e. The van der Waals surface area contributed by atoms with Crippen LogP contribution in [0.25, 0.3) is 5.76 Å². The summed E-state index contributed by atoms with van der Waals surface area (Å²) < 4.78 is 10.7. The van der Waals surface area contributed by atoms with Gasteiger partial charge in [-0.15, -0.1) is 0 Å². The average Bonchev–Trinajstić information content (AvgIpc) is 3.40. The normalized spacial score (nSPS) is 16.9. The van der Waals surface area contributed by atoms with Gasteiger partial charge in [0.15, 0.2) is 5.13 Å². The van der Waals surface area contributed by atoms with Crippen molar-refractivity contribution in [2.24, 2.45) is 0 Å². The number of aliphatic hydroxyl groups is 1. The second-order valence-electron chi connectivity index (χ2n) is 8.08. The van der Waals surface area contributed by atoms with Crippen molar-refractivity contribution in [1.29, 1.82) is 0 Å². The molecule has 1 atom stereocenters. The highest BCUT2D eigenvalue weighted by molar-refractivity contribution is 7.17. The van der Waals surface area contributed by atoms with E-state index in [2.05, 4.69) is 4.98 Å². The van der Waals surface area contributed by atoms with Gasteiger partial charge in [0.25, 0.3) is 5.78 Å². The van der Waals surface area contributed by atoms with Gasteiger partial charge in [0.05, 0.1) is 30.5 Å². The Labute approximate surface area is 212 Å². The topological polar surface area (TPSA) is 106 Å². The third kappa shape index (κ3) is 4.74. The van der Waals surface area contributed by atoms with E-state index in [1.165, 1.54) is 4.90 Å². The van der Waals surface area contributed by atoms with Crippen molar-refractivity contribution in [3.8, 4) is 5.75 Å². The lowest BCUT2D eigenvalue weighted by Gasteiger charge is -2.23. The van der Waals surface area contributed by atoms with E-state index < -0.39 is 23.7 Å². The van der Waals surface area contributed by atoms with E-state index in [1.807, 2.05) is 13.0 Å². The Morgan fingerprint density at radius 3 is 2.42 bits per heavy atom. The lowest BCUT2D eigenvalue weighted by atomic mass is 9.95. The van der Waals surface area contributed by atoms with Crippen molar-refractivity contribution in [2.45, 2.75) is 33.2 Å². The van der Waals surface area contributed by atoms with Crippen molar-refractivity contribution >= 4 is 39.9 Å². The number of aryl methyl sites for hydroxylation is 1. The number of anilines is 1. The number of ketones is 1. The Morgan fingerprint density at radius 1 is 1.08 bits per heavy atom. The first kappa shape index (κ1) is 25.1. The molecule has 9 heteroatoms. The van der Waals surface area contributed by atoms with Gasteiger partial charge in [-0.05, 0) is 50.1 Å². The summed E-state index contributed by atoms with van der Waals surface area (Å²) in [6.07, 6.45) is 0.858. The van der Waals surface area contributed by atoms with E-state index in [9.17, 15) is 19.5 Å². The molecule has 0 aliphatic carbocycles. The van der Waals surface area contributed by atoms with E-state index >= 15 is 0 Å². The summed E-state index contributed by atoms with van der Waals surface area (Å²) in [7, 11) is 0. The second-order valence-corrected chi connectivity index (χ2v) is 9.06. The SMILES string of the molecule is CCCOc1ccc(C(O)=C2C(=O)C(=O)N(c3nc(C)c(C(=O)OCC)s3)C2c2ccccc2)cc1. The summed E-state index contributed by atoms with van der Waals surface area (Å²) in [4.78, 5) is 44.8. The van der Waals surface area contributed by atoms with Crippen molar-refractivity contribution in [3.05, 3.63) is 81.9 Å². The van der Waals surface area contributed by atoms with Crippen LogP contribution in [0.3, 0.4) is 0 Å². The van der Waals surface area contributed by atoms with E-state index in [4.69, 9.17) is 9.47 Å². The molecular weight excluding hydrogens is 480 g/mol. The molecular formula is C27H26N2O6S. The van der Waals surface area contributed by atoms with Crippen LogP contribution in [0.2, 0.25) is 0 Å². The summed E-state index contributed by atoms with van der Waals surface area (Å²) in [6, 6.07) is 14.7. The molecule has 3 aromatic rings. The number of thiazole rings is 1. The van der Waals surface area contributed by atoms with Crippen LogP contribution in [0.15, 0.2) is 60.2 Å². The van der Waals surface area contributed by atoms with Crippen molar-refractivity contribution in [3.63, 3.8) is 0 Å². The van der Waals surface area contributed by atoms with Crippen molar-refractivity contribution < 1.29 is 29.0 Å². The highest BCUT2D eigenvalue weighted by Gasteiger charge is 2.48. The molecule has 36 heavy (non-hydrogen) atoms. The lowest BCUT2D eigenvalue weighted by Crippen LogP contribution is -2.29. The minimum Gasteiger partial charge on any atom is -0.507 e. The third-order valence-corrected chi connectivity index (χ3v) is 6.75. The molecule has 1 fully saturated rings. The standard InChI is InChI=1S/C27H26N2O6S/c1-4-15-35-19-13-11-18(12-14-19)22(30)20-21(17-9-7-6-8-10-17)29(25(32)23(20)31)27-28-16(3)24(36-27)26(33)34-5-2/h6-14,21,30H,4-5,15H2,1-3H3. The van der Waals surface area contributed by atoms with Gasteiger partial charge in [0.2, 0.25) is 0 Å². The molecule has 1 aliphatic heterocycles. The predicted molar refractivity (Wildman–Crippen MR) is 136 cm³/mol. The molecule has 4 rings (SSSR count). The van der Waals surface area contributed by atoms with Gasteiger partial charge in [-0.2, -0.15) is 0 Å². The number of esters is 1. The minimum atomic E-state index is -0.928. The number of amides is 1. The number of hydrogen-bond donors (Lipinski definition) is 1. The number of carbonyl (C=O) groups is 3. The van der Waals surface area contributed by atoms with Crippen LogP contribution < -0.4 is 9.64 Å². The highest BCUT2D eigenvalue weighted by atomic mass is 32.1. The Morgan fingerprint density at radius 2 is 1.78 bits per heavy atom. The first-order valence-corrected chi connectivity index (χ1v) is 12.4. The van der Waals surface area contributed by atoms with Crippen LogP contribution in [0, 0.1) is 6.92 Å². The quantitative estimate of drug-likeness (QED) is 0.197. The van der Waals surface area contributed by atoms with Crippen LogP contribution in [0.1, 0.15) is 52.8 Å². The summed E-state index contributed by atoms with van der Waals surface area (Å²) >= 11 is 0.975. The van der Waals surface area contributed by atoms with Crippen LogP contribution in [-0.4, -0.2) is 41.0 Å². The molecule has 1 aromatic heterocycles. The summed E-state index contributed by atoms with van der Waals surface area (Å²) in [5.41, 5.74) is 1.33. The van der Waals surface area contributed by atoms with E-state index in [1.54, 1.807) is 62.4 Å². The zero-order valence-electron chi connectivity index (χ0n) is 20.2. The van der Waals surface area contributed by atoms with Gasteiger partial charge < -0.3 is 14.6 Å². The van der Waals surface area contributed by atoms with Gasteiger partial charge >= 0.3 is 11.9 Å². The number of benzene rings is 2. The smallest absolute Gasteiger partial charge is 0.350 e. The number of hydrogen-bond acceptors (Lipinski definition) is 8. The number of ether oxygens (including phenoxy) is 2. The summed E-state index contributed by atoms with van der Waals surface area (Å²) in [5, 5.41) is 11.4. The molecule has 1 N–H and O–H groups in total. The van der Waals surface area contributed by atoms with E-state index in [0.29, 0.717) is 29.2 Å². The maximum absolute atomic E-state index is 13.3. The first-order valence-electron chi connectivity index (χ1n) is 11.6. The number of nitrogens with zero attached hydrogens (tertiary/aromatic N) is 2. The van der Waals surface area contributed by atoms with Gasteiger partial charge in [0.1, 0.15) is 16.4 Å². The lowest BCUT2D eigenvalue weighted by molar-refractivity contribution is -0.132. The first-order chi connectivity index (χ1) is 17.4. The minimum absolute atomic E-state index is 0.0565. The summed E-state index contributed by atoms with van der Waals surface area (Å²) in [5.74, 6) is -1.88. The molecule has 2 heterocycles. The number of Topliss-reactive ketones (excluding diaryl/α,β-unsaturated/α-hetero) is 1. The molecule has 0 saturated carbocycles. The maximum atomic E-state index is 13.3. The fraction of sp³-hybridized carbons (Fsp3) is 0.259. The van der Waals surface area contributed by atoms with Gasteiger partial charge in [0, 0.05) is 5.56 Å². The third-order valence-electron chi connectivity index (χ3n) is 5.61. The van der Waals surface area contributed by atoms with Crippen molar-refractivity contribution in [2.75, 3.05) is 18.1 Å². The number of rotatable bonds is 8. The molecule has 8 nitrogen and oxygen atoms in total. The molecule has 1 amide bonds. The van der Waals surface area contributed by atoms with Gasteiger partial charge in [-0.3, -0.25) is 14.5 Å². The molecule has 0 bridgehead atoms. The molecule has 0 radical (unpaired) electrons. The zero-order chi connectivity index (χ0) is 25.8. The Balaban J connectivity index is 1.82. The molecule has 1 saturated heterocycles. The van der Waals surface area contributed by atoms with Gasteiger partial charge in [-0.1, -0.05) is 48.6 Å². The van der Waals surface area contributed by atoms with E-state index in [0.717, 1.165) is 17.8 Å². The van der Waals surface area contributed by atoms with E-state index in [-0.39, 0.29) is 27.9 Å². The summed E-state index contributed by atoms with van der Waals surface area (Å²) in [6.45, 7) is 6.10. The number of carbonyl (C=O) groups excluding carboxylic acids is 3. The number of aliphatic hydroxyl groups excluding tert-OH is 1. The maximum Gasteiger partial charge on any atom is 0.350 e. The van der Waals surface area contributed by atoms with Crippen molar-refractivity contribution in [1.82, 2.24) is 4.98 Å². The van der Waals surface area contributed by atoms with Gasteiger partial charge in [-0.25, -0.2) is 9.78 Å².